The van der Waals surface area contributed by atoms with Crippen LogP contribution >= 0.6 is 34.8 Å². The molecule has 0 N–H and O–H groups in total. The van der Waals surface area contributed by atoms with Crippen LogP contribution in [0.25, 0.3) is 0 Å². The fourth-order valence-electron chi connectivity index (χ4n) is 1.20. The summed E-state index contributed by atoms with van der Waals surface area (Å²) in [5.41, 5.74) is -0.226. The fraction of sp³-hybridized carbons (Fsp3) is 0.400. The first-order chi connectivity index (χ1) is 6.67. The molecule has 0 unspecified atom stereocenters. The van der Waals surface area contributed by atoms with Gasteiger partial charge in [-0.05, 0) is 25.0 Å². The lowest BCUT2D eigenvalue weighted by Gasteiger charge is -2.17. The van der Waals surface area contributed by atoms with Crippen molar-refractivity contribution in [3.05, 3.63) is 28.2 Å². The zero-order valence-electron chi connectivity index (χ0n) is 7.40. The van der Waals surface area contributed by atoms with Crippen molar-refractivity contribution in [1.82, 2.24) is 0 Å². The van der Waals surface area contributed by atoms with Crippen LogP contribution in [-0.4, -0.2) is 11.5 Å². The Labute approximate surface area is 97.9 Å². The summed E-state index contributed by atoms with van der Waals surface area (Å²) >= 11 is 17.7. The predicted molar refractivity (Wildman–Crippen MR) is 59.8 cm³/mol. The van der Waals surface area contributed by atoms with E-state index in [-0.39, 0.29) is 5.60 Å². The minimum Gasteiger partial charge on any atom is -0.483 e. The van der Waals surface area contributed by atoms with Gasteiger partial charge in [0.15, 0.2) is 5.75 Å². The summed E-state index contributed by atoms with van der Waals surface area (Å²) < 4.78 is 5.73. The summed E-state index contributed by atoms with van der Waals surface area (Å²) in [6.45, 7) is 0. The van der Waals surface area contributed by atoms with Crippen LogP contribution in [0.4, 0.5) is 0 Å². The van der Waals surface area contributed by atoms with Gasteiger partial charge >= 0.3 is 0 Å². The fourth-order valence-corrected chi connectivity index (χ4v) is 2.00. The third kappa shape index (κ3) is 1.95. The first-order valence-electron chi connectivity index (χ1n) is 4.36. The average Bonchev–Trinajstić information content (AvgIpc) is 2.93. The molecule has 1 saturated carbocycles. The van der Waals surface area contributed by atoms with Crippen LogP contribution in [0.2, 0.25) is 10.0 Å². The number of rotatable bonds is 3. The highest BCUT2D eigenvalue weighted by atomic mass is 35.5. The molecule has 0 aliphatic heterocycles. The van der Waals surface area contributed by atoms with Crippen molar-refractivity contribution >= 4 is 34.8 Å². The summed E-state index contributed by atoms with van der Waals surface area (Å²) in [5.74, 6) is 1.03. The van der Waals surface area contributed by atoms with E-state index in [0.29, 0.717) is 21.7 Å². The number of benzene rings is 1. The van der Waals surface area contributed by atoms with E-state index in [1.807, 2.05) is 0 Å². The van der Waals surface area contributed by atoms with Gasteiger partial charge in [-0.3, -0.25) is 0 Å². The van der Waals surface area contributed by atoms with Gasteiger partial charge in [0.2, 0.25) is 0 Å². The average molecular weight is 252 g/mol. The maximum Gasteiger partial charge on any atom is 0.157 e. The molecule has 0 spiro atoms. The molecule has 0 amide bonds. The van der Waals surface area contributed by atoms with Crippen LogP contribution in [-0.2, 0) is 0 Å². The molecule has 0 bridgehead atoms. The first-order valence-corrected chi connectivity index (χ1v) is 5.65. The van der Waals surface area contributed by atoms with E-state index in [9.17, 15) is 0 Å². The molecule has 1 fully saturated rings. The van der Waals surface area contributed by atoms with Crippen LogP contribution in [0.15, 0.2) is 18.2 Å². The first kappa shape index (κ1) is 10.4. The number of hydrogen-bond donors (Lipinski definition) is 0. The Balaban J connectivity index is 2.24. The Kier molecular flexibility index (Phi) is 2.83. The van der Waals surface area contributed by atoms with Crippen LogP contribution in [0, 0.1) is 0 Å². The lowest BCUT2D eigenvalue weighted by molar-refractivity contribution is 0.204. The molecule has 0 atom stereocenters. The minimum absolute atomic E-state index is 0.226. The third-order valence-corrected chi connectivity index (χ3v) is 3.37. The Bertz CT molecular complexity index is 327. The molecule has 0 heterocycles. The number of para-hydroxylation sites is 1. The molecule has 1 aliphatic carbocycles. The zero-order chi connectivity index (χ0) is 10.2. The minimum atomic E-state index is -0.226. The number of hydrogen-bond acceptors (Lipinski definition) is 1. The molecule has 1 aliphatic rings. The molecule has 2 rings (SSSR count). The third-order valence-electron chi connectivity index (χ3n) is 2.29. The molecule has 0 saturated heterocycles. The van der Waals surface area contributed by atoms with E-state index < -0.39 is 0 Å². The largest absolute Gasteiger partial charge is 0.483 e. The Morgan fingerprint density at radius 1 is 1.21 bits per heavy atom. The smallest absolute Gasteiger partial charge is 0.157 e. The second-order valence-corrected chi connectivity index (χ2v) is 4.55. The van der Waals surface area contributed by atoms with Gasteiger partial charge in [-0.1, -0.05) is 29.3 Å². The van der Waals surface area contributed by atoms with Crippen molar-refractivity contribution in [3.63, 3.8) is 0 Å². The second kappa shape index (κ2) is 3.80. The van der Waals surface area contributed by atoms with Crippen molar-refractivity contribution < 1.29 is 4.74 Å². The van der Waals surface area contributed by atoms with Gasteiger partial charge in [-0.2, -0.15) is 0 Å². The summed E-state index contributed by atoms with van der Waals surface area (Å²) in [5, 5.41) is 1.07. The monoisotopic (exact) mass is 250 g/mol. The number of ether oxygens (including phenoxy) is 1. The maximum absolute atomic E-state index is 5.97. The van der Waals surface area contributed by atoms with E-state index in [4.69, 9.17) is 39.5 Å². The zero-order valence-corrected chi connectivity index (χ0v) is 9.66. The van der Waals surface area contributed by atoms with E-state index >= 15 is 0 Å². The van der Waals surface area contributed by atoms with Gasteiger partial charge in [0.05, 0.1) is 15.9 Å². The molecule has 0 radical (unpaired) electrons. The van der Waals surface area contributed by atoms with Crippen molar-refractivity contribution in [3.8, 4) is 5.75 Å². The highest BCUT2D eigenvalue weighted by Gasteiger charge is 2.45. The highest BCUT2D eigenvalue weighted by Crippen LogP contribution is 2.45. The summed E-state index contributed by atoms with van der Waals surface area (Å²) in [6, 6.07) is 5.30. The summed E-state index contributed by atoms with van der Waals surface area (Å²) in [7, 11) is 0. The Hall–Kier alpha value is -0.110. The molecular weight excluding hydrogens is 242 g/mol. The number of halogens is 3. The summed E-state index contributed by atoms with van der Waals surface area (Å²) in [6.07, 6.45) is 1.94. The van der Waals surface area contributed by atoms with Gasteiger partial charge in [0.1, 0.15) is 5.60 Å². The SMILES string of the molecule is ClCC1(Oc2c(Cl)cccc2Cl)CC1. The maximum atomic E-state index is 5.97. The van der Waals surface area contributed by atoms with E-state index in [2.05, 4.69) is 0 Å². The van der Waals surface area contributed by atoms with E-state index in [0.717, 1.165) is 12.8 Å². The van der Waals surface area contributed by atoms with Gasteiger partial charge in [0, 0.05) is 0 Å². The normalized spacial score (nSPS) is 17.9. The quantitative estimate of drug-likeness (QED) is 0.734. The van der Waals surface area contributed by atoms with E-state index in [1.165, 1.54) is 0 Å². The van der Waals surface area contributed by atoms with Gasteiger partial charge in [0.25, 0.3) is 0 Å². The standard InChI is InChI=1S/C10H9Cl3O/c11-6-10(4-5-10)14-9-7(12)2-1-3-8(9)13/h1-3H,4-6H2. The Morgan fingerprint density at radius 3 is 2.21 bits per heavy atom. The van der Waals surface area contributed by atoms with Crippen LogP contribution in [0.1, 0.15) is 12.8 Å². The molecule has 1 aromatic carbocycles. The molecule has 1 nitrogen and oxygen atoms in total. The van der Waals surface area contributed by atoms with Crippen molar-refractivity contribution in [2.75, 3.05) is 5.88 Å². The second-order valence-electron chi connectivity index (χ2n) is 3.47. The van der Waals surface area contributed by atoms with E-state index in [1.54, 1.807) is 18.2 Å². The topological polar surface area (TPSA) is 9.23 Å². The predicted octanol–water partition coefficient (Wildman–Crippen LogP) is 4.14. The molecule has 0 aromatic heterocycles. The molecular formula is C10H9Cl3O. The Morgan fingerprint density at radius 2 is 1.79 bits per heavy atom. The lowest BCUT2D eigenvalue weighted by Crippen LogP contribution is -2.20. The van der Waals surface area contributed by atoms with Gasteiger partial charge in [-0.15, -0.1) is 11.6 Å². The molecule has 14 heavy (non-hydrogen) atoms. The highest BCUT2D eigenvalue weighted by molar-refractivity contribution is 6.37. The van der Waals surface area contributed by atoms with Crippen molar-refractivity contribution in [2.24, 2.45) is 0 Å². The van der Waals surface area contributed by atoms with Crippen LogP contribution in [0.3, 0.4) is 0 Å². The van der Waals surface area contributed by atoms with Gasteiger partial charge < -0.3 is 4.74 Å². The summed E-state index contributed by atoms with van der Waals surface area (Å²) in [4.78, 5) is 0. The van der Waals surface area contributed by atoms with Crippen molar-refractivity contribution in [2.45, 2.75) is 18.4 Å². The van der Waals surface area contributed by atoms with Crippen LogP contribution in [0.5, 0.6) is 5.75 Å². The molecule has 4 heteroatoms. The molecule has 1 aromatic rings. The molecule has 76 valence electrons. The van der Waals surface area contributed by atoms with Gasteiger partial charge in [-0.25, -0.2) is 0 Å². The van der Waals surface area contributed by atoms with Crippen LogP contribution < -0.4 is 4.74 Å². The van der Waals surface area contributed by atoms with Crippen molar-refractivity contribution in [1.29, 1.82) is 0 Å². The number of alkyl halides is 1. The lowest BCUT2D eigenvalue weighted by atomic mass is 10.3.